The van der Waals surface area contributed by atoms with Crippen molar-refractivity contribution in [3.8, 4) is 0 Å². The molecule has 2 aromatic rings. The summed E-state index contributed by atoms with van der Waals surface area (Å²) in [6, 6.07) is 0. The van der Waals surface area contributed by atoms with E-state index in [0.717, 1.165) is 17.0 Å². The quantitative estimate of drug-likeness (QED) is 0.834. The van der Waals surface area contributed by atoms with Crippen molar-refractivity contribution in [1.29, 1.82) is 0 Å². The van der Waals surface area contributed by atoms with Gasteiger partial charge in [-0.25, -0.2) is 9.78 Å². The molecule has 2 aromatic heterocycles. The molecule has 0 saturated heterocycles. The number of carbonyl (C=O) groups is 1. The molecule has 0 spiro atoms. The fraction of sp³-hybridized carbons (Fsp3) is 0.300. The van der Waals surface area contributed by atoms with Crippen molar-refractivity contribution in [1.82, 2.24) is 9.97 Å². The number of thiazole rings is 2. The van der Waals surface area contributed by atoms with Crippen LogP contribution in [0.25, 0.3) is 0 Å². The average molecular weight is 285 g/mol. The Morgan fingerprint density at radius 3 is 3.00 bits per heavy atom. The number of nitrogens with zero attached hydrogens (tertiary/aromatic N) is 1. The molecule has 2 N–H and O–H groups in total. The molecule has 0 aliphatic heterocycles. The first-order valence-electron chi connectivity index (χ1n) is 5.06. The molecule has 0 saturated carbocycles. The number of carbonyl (C=O) groups excluding carboxylic acids is 1. The fourth-order valence-corrected chi connectivity index (χ4v) is 2.79. The Morgan fingerprint density at radius 2 is 2.39 bits per heavy atom. The molecular formula is C10H11N3O3S2. The van der Waals surface area contributed by atoms with Gasteiger partial charge in [-0.15, -0.1) is 0 Å². The van der Waals surface area contributed by atoms with Gasteiger partial charge in [-0.1, -0.05) is 22.7 Å². The Balaban J connectivity index is 2.06. The van der Waals surface area contributed by atoms with Gasteiger partial charge < -0.3 is 15.0 Å². The summed E-state index contributed by atoms with van der Waals surface area (Å²) < 4.78 is 4.65. The lowest BCUT2D eigenvalue weighted by molar-refractivity contribution is 0.0605. The summed E-state index contributed by atoms with van der Waals surface area (Å²) in [5.41, 5.74) is 1.42. The lowest BCUT2D eigenvalue weighted by Gasteiger charge is -1.98. The SMILES string of the molecule is COC(=O)c1sc(NCc2csc(=O)[nH]2)nc1C. The van der Waals surface area contributed by atoms with Crippen LogP contribution in [-0.4, -0.2) is 23.0 Å². The number of H-pyrrole nitrogens is 1. The Kier molecular flexibility index (Phi) is 3.78. The first-order valence-corrected chi connectivity index (χ1v) is 6.76. The first kappa shape index (κ1) is 12.8. The summed E-state index contributed by atoms with van der Waals surface area (Å²) in [4.78, 5) is 29.7. The maximum absolute atomic E-state index is 11.4. The van der Waals surface area contributed by atoms with Crippen molar-refractivity contribution < 1.29 is 9.53 Å². The van der Waals surface area contributed by atoms with Crippen LogP contribution in [0.3, 0.4) is 0 Å². The maximum atomic E-state index is 11.4. The zero-order valence-electron chi connectivity index (χ0n) is 9.77. The van der Waals surface area contributed by atoms with Crippen LogP contribution in [0.4, 0.5) is 5.13 Å². The van der Waals surface area contributed by atoms with Gasteiger partial charge in [0, 0.05) is 11.1 Å². The van der Waals surface area contributed by atoms with E-state index >= 15 is 0 Å². The van der Waals surface area contributed by atoms with E-state index in [2.05, 4.69) is 20.0 Å². The highest BCUT2D eigenvalue weighted by atomic mass is 32.1. The third kappa shape index (κ3) is 2.77. The molecule has 0 aromatic carbocycles. The molecule has 0 radical (unpaired) electrons. The second-order valence-electron chi connectivity index (χ2n) is 3.45. The van der Waals surface area contributed by atoms with Crippen LogP contribution >= 0.6 is 22.7 Å². The number of nitrogens with one attached hydrogen (secondary N) is 2. The van der Waals surface area contributed by atoms with Crippen molar-refractivity contribution >= 4 is 33.8 Å². The van der Waals surface area contributed by atoms with Gasteiger partial charge in [0.15, 0.2) is 5.13 Å². The molecule has 18 heavy (non-hydrogen) atoms. The van der Waals surface area contributed by atoms with E-state index in [-0.39, 0.29) is 10.8 Å². The smallest absolute Gasteiger partial charge is 0.350 e. The maximum Gasteiger partial charge on any atom is 0.350 e. The Bertz CT molecular complexity index is 614. The van der Waals surface area contributed by atoms with E-state index in [1.54, 1.807) is 12.3 Å². The number of esters is 1. The van der Waals surface area contributed by atoms with Crippen LogP contribution in [0.5, 0.6) is 0 Å². The minimum atomic E-state index is -0.387. The van der Waals surface area contributed by atoms with Gasteiger partial charge in [-0.3, -0.25) is 4.79 Å². The Hall–Kier alpha value is -1.67. The molecule has 96 valence electrons. The van der Waals surface area contributed by atoms with Gasteiger partial charge in [0.05, 0.1) is 19.3 Å². The lowest BCUT2D eigenvalue weighted by atomic mass is 10.4. The van der Waals surface area contributed by atoms with Crippen molar-refractivity contribution in [3.05, 3.63) is 31.3 Å². The van der Waals surface area contributed by atoms with Crippen molar-refractivity contribution in [2.45, 2.75) is 13.5 Å². The average Bonchev–Trinajstić information content (AvgIpc) is 2.92. The summed E-state index contributed by atoms with van der Waals surface area (Å²) in [5, 5.41) is 5.42. The van der Waals surface area contributed by atoms with Crippen LogP contribution in [0.15, 0.2) is 10.2 Å². The summed E-state index contributed by atoms with van der Waals surface area (Å²) in [5.74, 6) is -0.387. The molecular weight excluding hydrogens is 274 g/mol. The summed E-state index contributed by atoms with van der Waals surface area (Å²) in [6.45, 7) is 2.21. The van der Waals surface area contributed by atoms with E-state index in [0.29, 0.717) is 22.2 Å². The molecule has 2 heterocycles. The van der Waals surface area contributed by atoms with Gasteiger partial charge in [0.1, 0.15) is 4.88 Å². The molecule has 0 atom stereocenters. The highest BCUT2D eigenvalue weighted by Gasteiger charge is 2.15. The number of hydrogen-bond donors (Lipinski definition) is 2. The number of rotatable bonds is 4. The Labute approximate surface area is 111 Å². The van der Waals surface area contributed by atoms with Crippen LogP contribution in [0.1, 0.15) is 21.1 Å². The van der Waals surface area contributed by atoms with Gasteiger partial charge in [0.25, 0.3) is 0 Å². The minimum Gasteiger partial charge on any atom is -0.465 e. The lowest BCUT2D eigenvalue weighted by Crippen LogP contribution is -2.02. The van der Waals surface area contributed by atoms with Gasteiger partial charge >= 0.3 is 10.8 Å². The zero-order chi connectivity index (χ0) is 13.1. The number of aryl methyl sites for hydroxylation is 1. The number of methoxy groups -OCH3 is 1. The number of aromatic amines is 1. The molecule has 0 unspecified atom stereocenters. The molecule has 8 heteroatoms. The van der Waals surface area contributed by atoms with Gasteiger partial charge in [-0.2, -0.15) is 0 Å². The molecule has 2 rings (SSSR count). The van der Waals surface area contributed by atoms with Crippen molar-refractivity contribution in [2.24, 2.45) is 0 Å². The Morgan fingerprint density at radius 1 is 1.61 bits per heavy atom. The van der Waals surface area contributed by atoms with Gasteiger partial charge in [0.2, 0.25) is 0 Å². The summed E-state index contributed by atoms with van der Waals surface area (Å²) >= 11 is 2.35. The zero-order valence-corrected chi connectivity index (χ0v) is 11.4. The largest absolute Gasteiger partial charge is 0.465 e. The second-order valence-corrected chi connectivity index (χ2v) is 5.29. The monoisotopic (exact) mass is 285 g/mol. The number of ether oxygens (including phenoxy) is 1. The third-order valence-corrected chi connectivity index (χ3v) is 3.98. The predicted molar refractivity (Wildman–Crippen MR) is 70.5 cm³/mol. The van der Waals surface area contributed by atoms with Crippen LogP contribution in [0, 0.1) is 6.92 Å². The van der Waals surface area contributed by atoms with E-state index in [4.69, 9.17) is 0 Å². The van der Waals surface area contributed by atoms with E-state index in [9.17, 15) is 9.59 Å². The van der Waals surface area contributed by atoms with Crippen molar-refractivity contribution in [2.75, 3.05) is 12.4 Å². The van der Waals surface area contributed by atoms with Crippen LogP contribution in [0.2, 0.25) is 0 Å². The highest BCUT2D eigenvalue weighted by Crippen LogP contribution is 2.23. The summed E-state index contributed by atoms with van der Waals surface area (Å²) in [7, 11) is 1.34. The van der Waals surface area contributed by atoms with E-state index in [1.807, 2.05) is 0 Å². The standard InChI is InChI=1S/C10H11N3O3S2/c1-5-7(8(14)16-2)18-9(12-5)11-3-6-4-17-10(15)13-6/h4H,3H2,1-2H3,(H,11,12)(H,13,15). The van der Waals surface area contributed by atoms with Crippen molar-refractivity contribution in [3.63, 3.8) is 0 Å². The molecule has 6 nitrogen and oxygen atoms in total. The molecule has 0 bridgehead atoms. The highest BCUT2D eigenvalue weighted by molar-refractivity contribution is 7.17. The van der Waals surface area contributed by atoms with E-state index in [1.165, 1.54) is 18.4 Å². The van der Waals surface area contributed by atoms with Crippen LogP contribution in [-0.2, 0) is 11.3 Å². The number of anilines is 1. The molecule has 0 fully saturated rings. The normalized spacial score (nSPS) is 10.3. The molecule has 0 aliphatic carbocycles. The minimum absolute atomic E-state index is 0.0858. The fourth-order valence-electron chi connectivity index (χ4n) is 1.33. The van der Waals surface area contributed by atoms with Crippen LogP contribution < -0.4 is 10.2 Å². The molecule has 0 amide bonds. The summed E-state index contributed by atoms with van der Waals surface area (Å²) in [6.07, 6.45) is 0. The third-order valence-electron chi connectivity index (χ3n) is 2.17. The molecule has 0 aliphatic rings. The second kappa shape index (κ2) is 5.32. The van der Waals surface area contributed by atoms with Gasteiger partial charge in [-0.05, 0) is 6.92 Å². The predicted octanol–water partition coefficient (Wildman–Crippen LogP) is 1.60. The number of hydrogen-bond acceptors (Lipinski definition) is 7. The number of aromatic nitrogens is 2. The van der Waals surface area contributed by atoms with E-state index < -0.39 is 0 Å². The topological polar surface area (TPSA) is 84.1 Å². The first-order chi connectivity index (χ1) is 8.60.